The van der Waals surface area contributed by atoms with Crippen molar-refractivity contribution < 1.29 is 9.59 Å². The summed E-state index contributed by atoms with van der Waals surface area (Å²) < 4.78 is 0. The molecule has 0 aliphatic rings. The van der Waals surface area contributed by atoms with Gasteiger partial charge in [-0.1, -0.05) is 18.2 Å². The van der Waals surface area contributed by atoms with Crippen LogP contribution in [0.1, 0.15) is 28.0 Å². The molecule has 5 heteroatoms. The Hall–Kier alpha value is -2.56. The molecule has 0 aliphatic heterocycles. The highest BCUT2D eigenvalue weighted by atomic mass is 16.2. The summed E-state index contributed by atoms with van der Waals surface area (Å²) >= 11 is 0. The minimum Gasteiger partial charge on any atom is -0.365 e. The number of carbonyl (C=O) groups is 2. The van der Waals surface area contributed by atoms with E-state index in [-0.39, 0.29) is 11.8 Å². The van der Waals surface area contributed by atoms with E-state index in [0.717, 1.165) is 16.9 Å². The number of para-hydroxylation sites is 1. The molecule has 0 fully saturated rings. The monoisotopic (exact) mass is 285 g/mol. The van der Waals surface area contributed by atoms with Crippen LogP contribution in [0.15, 0.2) is 36.5 Å². The second-order valence-corrected chi connectivity index (χ2v) is 4.80. The lowest BCUT2D eigenvalue weighted by molar-refractivity contribution is -0.120. The third-order valence-corrected chi connectivity index (χ3v) is 3.36. The lowest BCUT2D eigenvalue weighted by atomic mass is 10.1. The second-order valence-electron chi connectivity index (χ2n) is 4.80. The molecule has 0 saturated carbocycles. The third kappa shape index (κ3) is 3.72. The fraction of sp³-hybridized carbons (Fsp3) is 0.250. The van der Waals surface area contributed by atoms with Crippen LogP contribution in [0.3, 0.4) is 0 Å². The van der Waals surface area contributed by atoms with Crippen molar-refractivity contribution in [2.24, 2.45) is 0 Å². The highest BCUT2D eigenvalue weighted by Crippen LogP contribution is 2.18. The first-order valence-corrected chi connectivity index (χ1v) is 6.85. The number of aromatic amines is 1. The van der Waals surface area contributed by atoms with Crippen LogP contribution in [0.5, 0.6) is 0 Å². The molecule has 2 aromatic rings. The zero-order valence-electron chi connectivity index (χ0n) is 12.2. The van der Waals surface area contributed by atoms with Gasteiger partial charge in [0, 0.05) is 31.0 Å². The van der Waals surface area contributed by atoms with Crippen molar-refractivity contribution in [2.45, 2.75) is 19.8 Å². The summed E-state index contributed by atoms with van der Waals surface area (Å²) in [4.78, 5) is 26.6. The largest absolute Gasteiger partial charge is 0.365 e. The summed E-state index contributed by atoms with van der Waals surface area (Å²) in [7, 11) is 1.62. The molecule has 0 spiro atoms. The first kappa shape index (κ1) is 14.8. The van der Waals surface area contributed by atoms with E-state index in [1.54, 1.807) is 19.3 Å². The molecule has 1 heterocycles. The van der Waals surface area contributed by atoms with Gasteiger partial charge >= 0.3 is 0 Å². The molecule has 0 aliphatic carbocycles. The Balaban J connectivity index is 2.11. The molecule has 5 nitrogen and oxygen atoms in total. The number of hydrogen-bond donors (Lipinski definition) is 3. The highest BCUT2D eigenvalue weighted by Gasteiger charge is 2.12. The van der Waals surface area contributed by atoms with Crippen LogP contribution in [0.25, 0.3) is 0 Å². The van der Waals surface area contributed by atoms with Gasteiger partial charge in [0.1, 0.15) is 0 Å². The fourth-order valence-corrected chi connectivity index (χ4v) is 2.12. The van der Waals surface area contributed by atoms with E-state index >= 15 is 0 Å². The third-order valence-electron chi connectivity index (χ3n) is 3.36. The van der Waals surface area contributed by atoms with Gasteiger partial charge in [-0.05, 0) is 31.0 Å². The van der Waals surface area contributed by atoms with Gasteiger partial charge in [-0.25, -0.2) is 0 Å². The summed E-state index contributed by atoms with van der Waals surface area (Å²) in [5, 5.41) is 5.50. The van der Waals surface area contributed by atoms with Crippen LogP contribution < -0.4 is 10.6 Å². The number of H-pyrrole nitrogens is 1. The molecule has 0 bridgehead atoms. The van der Waals surface area contributed by atoms with Crippen molar-refractivity contribution in [2.75, 3.05) is 12.4 Å². The average Bonchev–Trinajstić information content (AvgIpc) is 2.92. The molecule has 0 radical (unpaired) electrons. The summed E-state index contributed by atoms with van der Waals surface area (Å²) in [6, 6.07) is 9.28. The molecule has 110 valence electrons. The van der Waals surface area contributed by atoms with Crippen molar-refractivity contribution in [1.82, 2.24) is 10.3 Å². The average molecular weight is 285 g/mol. The zero-order chi connectivity index (χ0) is 15.2. The van der Waals surface area contributed by atoms with Gasteiger partial charge in [0.25, 0.3) is 5.91 Å². The fourth-order valence-electron chi connectivity index (χ4n) is 2.12. The molecule has 1 aromatic carbocycles. The van der Waals surface area contributed by atoms with Crippen LogP contribution >= 0.6 is 0 Å². The van der Waals surface area contributed by atoms with E-state index in [4.69, 9.17) is 0 Å². The standard InChI is InChI=1S/C16H19N3O2/c1-11-13(9-10-18-11)16(21)19-14-6-4-3-5-12(14)7-8-15(20)17-2/h3-6,9-10,18H,7-8H2,1-2H3,(H,17,20)(H,19,21). The van der Waals surface area contributed by atoms with E-state index in [9.17, 15) is 9.59 Å². The molecule has 1 aromatic heterocycles. The Bertz CT molecular complexity index is 646. The van der Waals surface area contributed by atoms with Gasteiger partial charge in [-0.3, -0.25) is 9.59 Å². The normalized spacial score (nSPS) is 10.2. The van der Waals surface area contributed by atoms with Gasteiger partial charge in [-0.2, -0.15) is 0 Å². The van der Waals surface area contributed by atoms with Gasteiger partial charge in [-0.15, -0.1) is 0 Å². The predicted octanol–water partition coefficient (Wildman–Crippen LogP) is 2.25. The number of benzene rings is 1. The van der Waals surface area contributed by atoms with Crippen LogP contribution in [0, 0.1) is 6.92 Å². The first-order valence-electron chi connectivity index (χ1n) is 6.85. The van der Waals surface area contributed by atoms with Crippen LogP contribution in [0.2, 0.25) is 0 Å². The maximum Gasteiger partial charge on any atom is 0.257 e. The van der Waals surface area contributed by atoms with E-state index in [1.807, 2.05) is 31.2 Å². The SMILES string of the molecule is CNC(=O)CCc1ccccc1NC(=O)c1cc[nH]c1C. The molecule has 0 atom stereocenters. The lowest BCUT2D eigenvalue weighted by Crippen LogP contribution is -2.18. The Morgan fingerprint density at radius 3 is 2.62 bits per heavy atom. The number of anilines is 1. The van der Waals surface area contributed by atoms with E-state index in [1.165, 1.54) is 0 Å². The van der Waals surface area contributed by atoms with Crippen LogP contribution in [-0.4, -0.2) is 23.8 Å². The summed E-state index contributed by atoms with van der Waals surface area (Å²) in [5.74, 6) is -0.168. The topological polar surface area (TPSA) is 74.0 Å². The molecule has 2 amide bonds. The van der Waals surface area contributed by atoms with Crippen molar-refractivity contribution >= 4 is 17.5 Å². The molecule has 21 heavy (non-hydrogen) atoms. The van der Waals surface area contributed by atoms with Crippen molar-refractivity contribution in [3.05, 3.63) is 53.3 Å². The van der Waals surface area contributed by atoms with Crippen LogP contribution in [0.4, 0.5) is 5.69 Å². The Morgan fingerprint density at radius 2 is 1.95 bits per heavy atom. The quantitative estimate of drug-likeness (QED) is 0.788. The number of aromatic nitrogens is 1. The predicted molar refractivity (Wildman–Crippen MR) is 82.3 cm³/mol. The molecule has 3 N–H and O–H groups in total. The van der Waals surface area contributed by atoms with E-state index in [0.29, 0.717) is 18.4 Å². The summed E-state index contributed by atoms with van der Waals surface area (Å²) in [6.07, 6.45) is 2.72. The summed E-state index contributed by atoms with van der Waals surface area (Å²) in [6.45, 7) is 1.85. The van der Waals surface area contributed by atoms with Crippen LogP contribution in [-0.2, 0) is 11.2 Å². The minimum absolute atomic E-state index is 0.0161. The molecule has 2 rings (SSSR count). The second kappa shape index (κ2) is 6.74. The van der Waals surface area contributed by atoms with E-state index < -0.39 is 0 Å². The van der Waals surface area contributed by atoms with Gasteiger partial charge in [0.05, 0.1) is 5.56 Å². The zero-order valence-corrected chi connectivity index (χ0v) is 12.2. The Kier molecular flexibility index (Phi) is 4.77. The van der Waals surface area contributed by atoms with Gasteiger partial charge in [0.2, 0.25) is 5.91 Å². The molecular formula is C16H19N3O2. The number of carbonyl (C=O) groups excluding carboxylic acids is 2. The number of hydrogen-bond acceptors (Lipinski definition) is 2. The van der Waals surface area contributed by atoms with Crippen molar-refractivity contribution in [3.8, 4) is 0 Å². The first-order chi connectivity index (χ1) is 10.1. The van der Waals surface area contributed by atoms with Gasteiger partial charge in [0.15, 0.2) is 0 Å². The maximum atomic E-state index is 12.2. The van der Waals surface area contributed by atoms with Crippen molar-refractivity contribution in [3.63, 3.8) is 0 Å². The highest BCUT2D eigenvalue weighted by molar-refractivity contribution is 6.05. The number of amides is 2. The number of rotatable bonds is 5. The van der Waals surface area contributed by atoms with Gasteiger partial charge < -0.3 is 15.6 Å². The number of nitrogens with one attached hydrogen (secondary N) is 3. The lowest BCUT2D eigenvalue weighted by Gasteiger charge is -2.10. The smallest absolute Gasteiger partial charge is 0.257 e. The van der Waals surface area contributed by atoms with E-state index in [2.05, 4.69) is 15.6 Å². The Morgan fingerprint density at radius 1 is 1.19 bits per heavy atom. The Labute approximate surface area is 123 Å². The number of aryl methyl sites for hydroxylation is 2. The molecule has 0 saturated heterocycles. The van der Waals surface area contributed by atoms with Crippen molar-refractivity contribution in [1.29, 1.82) is 0 Å². The maximum absolute atomic E-state index is 12.2. The summed E-state index contributed by atoms with van der Waals surface area (Å²) in [5.41, 5.74) is 3.14. The molecule has 0 unspecified atom stereocenters. The minimum atomic E-state index is -0.152. The molecular weight excluding hydrogens is 266 g/mol.